The van der Waals surface area contributed by atoms with Crippen LogP contribution >= 0.6 is 23.2 Å². The summed E-state index contributed by atoms with van der Waals surface area (Å²) in [6.45, 7) is 2.56. The first-order valence-electron chi connectivity index (χ1n) is 11.9. The smallest absolute Gasteiger partial charge is 0.272 e. The highest BCUT2D eigenvalue weighted by molar-refractivity contribution is 6.31. The number of rotatable bonds is 4. The van der Waals surface area contributed by atoms with Crippen LogP contribution in [0.3, 0.4) is 0 Å². The average molecular weight is 480 g/mol. The van der Waals surface area contributed by atoms with E-state index in [2.05, 4.69) is 11.4 Å². The summed E-state index contributed by atoms with van der Waals surface area (Å²) < 4.78 is 1.97. The molecule has 2 fully saturated rings. The average Bonchev–Trinajstić information content (AvgIpc) is 3.45. The molecule has 2 saturated carbocycles. The predicted octanol–water partition coefficient (Wildman–Crippen LogP) is 6.43. The number of nitrogens with zero attached hydrogens (tertiary/aromatic N) is 2. The van der Waals surface area contributed by atoms with Crippen LogP contribution < -0.4 is 5.32 Å². The Balaban J connectivity index is 1.36. The standard InChI is InChI=1S/C27H27Cl2N3O/c1-15-2-3-17(11-23(15)29)14-32-26-21-8-7-20(28)12-19(21)13-22(26)25(31-32)27(33)30-24-9-5-16-4-6-18(24)10-16/h2-3,7-8,11-12,16,18,24H,4-6,9-10,13-14H2,1H3,(H,30,33). The van der Waals surface area contributed by atoms with Crippen molar-refractivity contribution in [2.24, 2.45) is 11.8 Å². The van der Waals surface area contributed by atoms with E-state index in [9.17, 15) is 4.79 Å². The van der Waals surface area contributed by atoms with Gasteiger partial charge in [-0.05, 0) is 79.3 Å². The van der Waals surface area contributed by atoms with Crippen molar-refractivity contribution in [3.8, 4) is 11.3 Å². The van der Waals surface area contributed by atoms with Gasteiger partial charge in [-0.25, -0.2) is 0 Å². The molecule has 6 heteroatoms. The lowest BCUT2D eigenvalue weighted by atomic mass is 9.85. The Morgan fingerprint density at radius 1 is 1.12 bits per heavy atom. The van der Waals surface area contributed by atoms with Crippen molar-refractivity contribution in [3.05, 3.63) is 74.4 Å². The number of nitrogens with one attached hydrogen (secondary N) is 1. The second kappa shape index (κ2) is 8.18. The van der Waals surface area contributed by atoms with Crippen molar-refractivity contribution in [1.82, 2.24) is 15.1 Å². The molecule has 6 rings (SSSR count). The molecule has 170 valence electrons. The normalized spacial score (nSPS) is 22.8. The Labute approximate surface area is 204 Å². The largest absolute Gasteiger partial charge is 0.348 e. The van der Waals surface area contributed by atoms with Crippen LogP contribution in [0.5, 0.6) is 0 Å². The van der Waals surface area contributed by atoms with Crippen molar-refractivity contribution >= 4 is 29.1 Å². The third-order valence-electron chi connectivity index (χ3n) is 7.88. The Bertz CT molecular complexity index is 1260. The van der Waals surface area contributed by atoms with Gasteiger partial charge in [-0.3, -0.25) is 9.48 Å². The van der Waals surface area contributed by atoms with Gasteiger partial charge in [0.25, 0.3) is 5.91 Å². The molecule has 0 spiro atoms. The van der Waals surface area contributed by atoms with Gasteiger partial charge in [-0.2, -0.15) is 5.10 Å². The van der Waals surface area contributed by atoms with Gasteiger partial charge < -0.3 is 5.32 Å². The molecule has 2 bridgehead atoms. The summed E-state index contributed by atoms with van der Waals surface area (Å²) in [5, 5.41) is 9.68. The third kappa shape index (κ3) is 3.77. The predicted molar refractivity (Wildman–Crippen MR) is 132 cm³/mol. The van der Waals surface area contributed by atoms with E-state index in [1.165, 1.54) is 25.7 Å². The zero-order valence-corrected chi connectivity index (χ0v) is 20.2. The van der Waals surface area contributed by atoms with Crippen molar-refractivity contribution < 1.29 is 4.79 Å². The van der Waals surface area contributed by atoms with Crippen molar-refractivity contribution in [3.63, 3.8) is 0 Å². The van der Waals surface area contributed by atoms with E-state index in [4.69, 9.17) is 28.3 Å². The molecule has 3 aliphatic rings. The molecule has 2 aromatic carbocycles. The number of benzene rings is 2. The number of aryl methyl sites for hydroxylation is 1. The lowest BCUT2D eigenvalue weighted by Gasteiger charge is -2.29. The van der Waals surface area contributed by atoms with Gasteiger partial charge >= 0.3 is 0 Å². The quantitative estimate of drug-likeness (QED) is 0.366. The Morgan fingerprint density at radius 2 is 1.97 bits per heavy atom. The van der Waals surface area contributed by atoms with Gasteiger partial charge in [-0.15, -0.1) is 0 Å². The Kier molecular flexibility index (Phi) is 5.26. The summed E-state index contributed by atoms with van der Waals surface area (Å²) >= 11 is 12.7. The minimum absolute atomic E-state index is 0.0406. The molecule has 1 N–H and O–H groups in total. The molecular weight excluding hydrogens is 453 g/mol. The minimum Gasteiger partial charge on any atom is -0.348 e. The fraction of sp³-hybridized carbons (Fsp3) is 0.407. The molecule has 33 heavy (non-hydrogen) atoms. The number of carbonyl (C=O) groups excluding carboxylic acids is 1. The molecule has 4 nitrogen and oxygen atoms in total. The van der Waals surface area contributed by atoms with E-state index in [-0.39, 0.29) is 11.9 Å². The van der Waals surface area contributed by atoms with Crippen LogP contribution in [-0.2, 0) is 13.0 Å². The van der Waals surface area contributed by atoms with Gasteiger partial charge in [-0.1, -0.05) is 47.8 Å². The topological polar surface area (TPSA) is 46.9 Å². The number of aromatic nitrogens is 2. The van der Waals surface area contributed by atoms with E-state index in [0.717, 1.165) is 50.9 Å². The zero-order valence-electron chi connectivity index (χ0n) is 18.7. The van der Waals surface area contributed by atoms with Crippen molar-refractivity contribution in [2.75, 3.05) is 0 Å². The van der Waals surface area contributed by atoms with E-state index in [1.54, 1.807) is 0 Å². The van der Waals surface area contributed by atoms with Gasteiger partial charge in [0.15, 0.2) is 5.69 Å². The Hall–Kier alpha value is -2.30. The second-order valence-corrected chi connectivity index (χ2v) is 10.8. The van der Waals surface area contributed by atoms with E-state index in [0.29, 0.717) is 29.6 Å². The Morgan fingerprint density at radius 3 is 2.82 bits per heavy atom. The number of carbonyl (C=O) groups is 1. The lowest BCUT2D eigenvalue weighted by Crippen LogP contribution is -2.41. The molecule has 3 atom stereocenters. The fourth-order valence-corrected chi connectivity index (χ4v) is 6.52. The first-order valence-corrected chi connectivity index (χ1v) is 12.7. The zero-order chi connectivity index (χ0) is 22.7. The molecule has 0 saturated heterocycles. The lowest BCUT2D eigenvalue weighted by molar-refractivity contribution is 0.0902. The number of hydrogen-bond donors (Lipinski definition) is 1. The fourth-order valence-electron chi connectivity index (χ4n) is 6.12. The first-order chi connectivity index (χ1) is 16.0. The summed E-state index contributed by atoms with van der Waals surface area (Å²) in [7, 11) is 0. The van der Waals surface area contributed by atoms with Crippen LogP contribution in [0, 0.1) is 18.8 Å². The SMILES string of the molecule is Cc1ccc(Cn2nc(C(=O)NC3CCC4CCC3C4)c3c2-c2ccc(Cl)cc2C3)cc1Cl. The monoisotopic (exact) mass is 479 g/mol. The second-order valence-electron chi connectivity index (χ2n) is 9.99. The van der Waals surface area contributed by atoms with Crippen LogP contribution in [-0.4, -0.2) is 21.7 Å². The van der Waals surface area contributed by atoms with Crippen molar-refractivity contribution in [1.29, 1.82) is 0 Å². The van der Waals surface area contributed by atoms with Gasteiger partial charge in [0, 0.05) is 33.6 Å². The summed E-state index contributed by atoms with van der Waals surface area (Å²) in [6, 6.07) is 12.3. The summed E-state index contributed by atoms with van der Waals surface area (Å²) in [6.07, 6.45) is 6.80. The van der Waals surface area contributed by atoms with Crippen LogP contribution in [0.15, 0.2) is 36.4 Å². The number of amides is 1. The van der Waals surface area contributed by atoms with E-state index < -0.39 is 0 Å². The maximum atomic E-state index is 13.5. The van der Waals surface area contributed by atoms with Gasteiger partial charge in [0.05, 0.1) is 12.2 Å². The molecule has 3 aliphatic carbocycles. The maximum Gasteiger partial charge on any atom is 0.272 e. The highest BCUT2D eigenvalue weighted by Gasteiger charge is 2.38. The van der Waals surface area contributed by atoms with Crippen LogP contribution in [0.4, 0.5) is 0 Å². The number of hydrogen-bond acceptors (Lipinski definition) is 2. The van der Waals surface area contributed by atoms with Crippen LogP contribution in [0.25, 0.3) is 11.3 Å². The highest BCUT2D eigenvalue weighted by Crippen LogP contribution is 2.43. The third-order valence-corrected chi connectivity index (χ3v) is 8.52. The summed E-state index contributed by atoms with van der Waals surface area (Å²) in [5.41, 5.74) is 6.94. The molecule has 1 heterocycles. The van der Waals surface area contributed by atoms with E-state index >= 15 is 0 Å². The maximum absolute atomic E-state index is 13.5. The van der Waals surface area contributed by atoms with Gasteiger partial charge in [0.2, 0.25) is 0 Å². The molecule has 3 unspecified atom stereocenters. The first kappa shape index (κ1) is 21.2. The molecular formula is C27H27Cl2N3O. The van der Waals surface area contributed by atoms with Crippen LogP contribution in [0.1, 0.15) is 64.8 Å². The summed E-state index contributed by atoms with van der Waals surface area (Å²) in [5.74, 6) is 1.45. The molecule has 1 aromatic heterocycles. The van der Waals surface area contributed by atoms with Gasteiger partial charge in [0.1, 0.15) is 0 Å². The summed E-state index contributed by atoms with van der Waals surface area (Å²) in [4.78, 5) is 13.5. The number of halogens is 2. The van der Waals surface area contributed by atoms with E-state index in [1.807, 2.05) is 41.9 Å². The highest BCUT2D eigenvalue weighted by atomic mass is 35.5. The number of fused-ring (bicyclic) bond motifs is 5. The van der Waals surface area contributed by atoms with Crippen molar-refractivity contribution in [2.45, 2.75) is 58.0 Å². The molecule has 0 aliphatic heterocycles. The minimum atomic E-state index is -0.0406. The van der Waals surface area contributed by atoms with Crippen LogP contribution in [0.2, 0.25) is 10.0 Å². The molecule has 1 amide bonds. The molecule has 0 radical (unpaired) electrons. The molecule has 3 aromatic rings.